The Labute approximate surface area is 98.1 Å². The van der Waals surface area contributed by atoms with Gasteiger partial charge in [0.25, 0.3) is 0 Å². The SMILES string of the molecule is CC1CCN(C2CCCCC2C#N)CC1O. The molecule has 2 rings (SSSR count). The fourth-order valence-corrected chi connectivity index (χ4v) is 3.07. The van der Waals surface area contributed by atoms with Gasteiger partial charge in [-0.3, -0.25) is 4.90 Å². The summed E-state index contributed by atoms with van der Waals surface area (Å²) in [6.07, 6.45) is 5.49. The van der Waals surface area contributed by atoms with Gasteiger partial charge >= 0.3 is 0 Å². The summed E-state index contributed by atoms with van der Waals surface area (Å²) < 4.78 is 0. The molecule has 0 aromatic heterocycles. The van der Waals surface area contributed by atoms with Crippen LogP contribution in [0.15, 0.2) is 0 Å². The van der Waals surface area contributed by atoms with Gasteiger partial charge in [0.15, 0.2) is 0 Å². The van der Waals surface area contributed by atoms with Gasteiger partial charge in [-0.2, -0.15) is 5.26 Å². The van der Waals surface area contributed by atoms with Crippen LogP contribution in [0.4, 0.5) is 0 Å². The number of aliphatic hydroxyl groups excluding tert-OH is 1. The van der Waals surface area contributed by atoms with Crippen LogP contribution in [0.1, 0.15) is 39.0 Å². The minimum Gasteiger partial charge on any atom is -0.392 e. The van der Waals surface area contributed by atoms with Crippen LogP contribution in [0.3, 0.4) is 0 Å². The Morgan fingerprint density at radius 3 is 2.69 bits per heavy atom. The summed E-state index contributed by atoms with van der Waals surface area (Å²) in [6, 6.07) is 2.86. The molecule has 0 radical (unpaired) electrons. The van der Waals surface area contributed by atoms with Gasteiger partial charge in [-0.1, -0.05) is 19.8 Å². The second-order valence-electron chi connectivity index (χ2n) is 5.42. The summed E-state index contributed by atoms with van der Waals surface area (Å²) in [4.78, 5) is 2.36. The van der Waals surface area contributed by atoms with E-state index < -0.39 is 0 Å². The Kier molecular flexibility index (Phi) is 3.83. The van der Waals surface area contributed by atoms with Gasteiger partial charge in [0, 0.05) is 12.6 Å². The summed E-state index contributed by atoms with van der Waals surface area (Å²) in [5.41, 5.74) is 0. The molecule has 0 aromatic carbocycles. The fourth-order valence-electron chi connectivity index (χ4n) is 3.07. The third kappa shape index (κ3) is 2.39. The van der Waals surface area contributed by atoms with E-state index in [2.05, 4.69) is 17.9 Å². The molecule has 0 spiro atoms. The highest BCUT2D eigenvalue weighted by Gasteiger charge is 2.34. The van der Waals surface area contributed by atoms with Gasteiger partial charge in [0.2, 0.25) is 0 Å². The number of β-amino-alcohol motifs (C(OH)–C–C–N with tert-alkyl or cyclic N) is 1. The molecule has 4 atom stereocenters. The second-order valence-corrected chi connectivity index (χ2v) is 5.42. The maximum Gasteiger partial charge on any atom is 0.0693 e. The number of nitrogens with zero attached hydrogens (tertiary/aromatic N) is 2. The molecule has 90 valence electrons. The van der Waals surface area contributed by atoms with Crippen molar-refractivity contribution < 1.29 is 5.11 Å². The standard InChI is InChI=1S/C13H22N2O/c1-10-6-7-15(9-13(10)16)12-5-3-2-4-11(12)8-14/h10-13,16H,2-7,9H2,1H3. The number of likely N-dealkylation sites (tertiary alicyclic amines) is 1. The molecule has 2 fully saturated rings. The predicted molar refractivity (Wildman–Crippen MR) is 62.7 cm³/mol. The Morgan fingerprint density at radius 2 is 2.00 bits per heavy atom. The summed E-state index contributed by atoms with van der Waals surface area (Å²) in [7, 11) is 0. The molecule has 0 aromatic rings. The van der Waals surface area contributed by atoms with Gasteiger partial charge < -0.3 is 5.11 Å². The summed E-state index contributed by atoms with van der Waals surface area (Å²) in [6.45, 7) is 3.94. The molecule has 1 saturated carbocycles. The van der Waals surface area contributed by atoms with Crippen molar-refractivity contribution in [3.8, 4) is 6.07 Å². The van der Waals surface area contributed by atoms with Crippen molar-refractivity contribution in [3.05, 3.63) is 0 Å². The van der Waals surface area contributed by atoms with Crippen LogP contribution in [0.5, 0.6) is 0 Å². The Balaban J connectivity index is 1.98. The van der Waals surface area contributed by atoms with Gasteiger partial charge in [-0.25, -0.2) is 0 Å². The highest BCUT2D eigenvalue weighted by atomic mass is 16.3. The second kappa shape index (κ2) is 5.16. The number of aliphatic hydroxyl groups is 1. The van der Waals surface area contributed by atoms with E-state index in [0.29, 0.717) is 12.0 Å². The molecule has 4 unspecified atom stereocenters. The molecule has 1 heterocycles. The maximum absolute atomic E-state index is 9.91. The number of piperidine rings is 1. The van der Waals surface area contributed by atoms with E-state index in [-0.39, 0.29) is 12.0 Å². The lowest BCUT2D eigenvalue weighted by Crippen LogP contribution is -2.50. The first-order valence-electron chi connectivity index (χ1n) is 6.54. The molecule has 16 heavy (non-hydrogen) atoms. The van der Waals surface area contributed by atoms with Crippen LogP contribution in [-0.4, -0.2) is 35.2 Å². The number of nitriles is 1. The zero-order valence-electron chi connectivity index (χ0n) is 10.1. The van der Waals surface area contributed by atoms with Gasteiger partial charge in [0.1, 0.15) is 0 Å². The monoisotopic (exact) mass is 222 g/mol. The molecule has 0 amide bonds. The van der Waals surface area contributed by atoms with Crippen molar-refractivity contribution in [2.75, 3.05) is 13.1 Å². The van der Waals surface area contributed by atoms with Crippen LogP contribution in [-0.2, 0) is 0 Å². The first-order chi connectivity index (χ1) is 7.72. The highest BCUT2D eigenvalue weighted by molar-refractivity contribution is 4.97. The topological polar surface area (TPSA) is 47.3 Å². The van der Waals surface area contributed by atoms with Crippen LogP contribution < -0.4 is 0 Å². The maximum atomic E-state index is 9.91. The molecule has 1 saturated heterocycles. The number of rotatable bonds is 1. The molecule has 0 bridgehead atoms. The first-order valence-corrected chi connectivity index (χ1v) is 6.54. The zero-order valence-corrected chi connectivity index (χ0v) is 10.1. The average Bonchev–Trinajstić information content (AvgIpc) is 2.32. The van der Waals surface area contributed by atoms with E-state index in [1.54, 1.807) is 0 Å². The Hall–Kier alpha value is -0.590. The predicted octanol–water partition coefficient (Wildman–Crippen LogP) is 1.77. The van der Waals surface area contributed by atoms with Crippen molar-refractivity contribution in [1.82, 2.24) is 4.90 Å². The molecule has 3 nitrogen and oxygen atoms in total. The van der Waals surface area contributed by atoms with E-state index in [1.165, 1.54) is 12.8 Å². The van der Waals surface area contributed by atoms with E-state index in [4.69, 9.17) is 0 Å². The van der Waals surface area contributed by atoms with E-state index >= 15 is 0 Å². The van der Waals surface area contributed by atoms with Crippen LogP contribution in [0.25, 0.3) is 0 Å². The molecule has 1 aliphatic heterocycles. The molecular weight excluding hydrogens is 200 g/mol. The van der Waals surface area contributed by atoms with E-state index in [1.807, 2.05) is 0 Å². The average molecular weight is 222 g/mol. The van der Waals surface area contributed by atoms with Crippen molar-refractivity contribution >= 4 is 0 Å². The summed E-state index contributed by atoms with van der Waals surface area (Å²) in [5, 5.41) is 19.1. The third-order valence-electron chi connectivity index (χ3n) is 4.31. The molecule has 1 N–H and O–H groups in total. The van der Waals surface area contributed by atoms with E-state index in [0.717, 1.165) is 32.4 Å². The smallest absolute Gasteiger partial charge is 0.0693 e. The lowest BCUT2D eigenvalue weighted by molar-refractivity contribution is -0.00523. The Morgan fingerprint density at radius 1 is 1.25 bits per heavy atom. The minimum absolute atomic E-state index is 0.189. The van der Waals surface area contributed by atoms with Crippen molar-refractivity contribution in [3.63, 3.8) is 0 Å². The van der Waals surface area contributed by atoms with E-state index in [9.17, 15) is 10.4 Å². The van der Waals surface area contributed by atoms with Gasteiger partial charge in [-0.15, -0.1) is 0 Å². The molecular formula is C13H22N2O. The molecule has 1 aliphatic carbocycles. The summed E-state index contributed by atoms with van der Waals surface area (Å²) in [5.74, 6) is 0.606. The molecule has 3 heteroatoms. The largest absolute Gasteiger partial charge is 0.392 e. The van der Waals surface area contributed by atoms with Gasteiger partial charge in [-0.05, 0) is 31.7 Å². The van der Waals surface area contributed by atoms with Crippen LogP contribution in [0, 0.1) is 23.2 Å². The van der Waals surface area contributed by atoms with Crippen LogP contribution >= 0.6 is 0 Å². The fraction of sp³-hybridized carbons (Fsp3) is 0.923. The number of hydrogen-bond donors (Lipinski definition) is 1. The minimum atomic E-state index is -0.199. The zero-order chi connectivity index (χ0) is 11.5. The van der Waals surface area contributed by atoms with Crippen molar-refractivity contribution in [2.24, 2.45) is 11.8 Å². The normalized spacial score (nSPS) is 41.6. The lowest BCUT2D eigenvalue weighted by atomic mass is 9.82. The van der Waals surface area contributed by atoms with Crippen molar-refractivity contribution in [1.29, 1.82) is 5.26 Å². The molecule has 2 aliphatic rings. The number of hydrogen-bond acceptors (Lipinski definition) is 3. The van der Waals surface area contributed by atoms with Crippen molar-refractivity contribution in [2.45, 2.75) is 51.2 Å². The van der Waals surface area contributed by atoms with Gasteiger partial charge in [0.05, 0.1) is 18.1 Å². The van der Waals surface area contributed by atoms with Crippen LogP contribution in [0.2, 0.25) is 0 Å². The highest BCUT2D eigenvalue weighted by Crippen LogP contribution is 2.30. The quantitative estimate of drug-likeness (QED) is 0.735. The Bertz CT molecular complexity index is 274. The third-order valence-corrected chi connectivity index (χ3v) is 4.31. The first kappa shape index (κ1) is 11.9. The summed E-state index contributed by atoms with van der Waals surface area (Å²) >= 11 is 0. The lowest BCUT2D eigenvalue weighted by Gasteiger charge is -2.42.